The molecule has 1 fully saturated rings. The lowest BCUT2D eigenvalue weighted by atomic mass is 9.89. The number of alkyl halides is 1. The van der Waals surface area contributed by atoms with Crippen LogP contribution in [0.5, 0.6) is 0 Å². The van der Waals surface area contributed by atoms with Gasteiger partial charge in [0.2, 0.25) is 5.91 Å². The third-order valence-electron chi connectivity index (χ3n) is 4.25. The average molecular weight is 537 g/mol. The van der Waals surface area contributed by atoms with Crippen molar-refractivity contribution in [1.82, 2.24) is 4.90 Å². The zero-order chi connectivity index (χ0) is 18.4. The number of hydrogen-bond acceptors (Lipinski definition) is 2. The minimum atomic E-state index is -0.0181. The summed E-state index contributed by atoms with van der Waals surface area (Å²) < 4.78 is 1.01. The van der Waals surface area contributed by atoms with Gasteiger partial charge < -0.3 is 4.90 Å². The second kappa shape index (κ2) is 9.88. The van der Waals surface area contributed by atoms with Crippen LogP contribution in [0.4, 0.5) is 0 Å². The summed E-state index contributed by atoms with van der Waals surface area (Å²) in [7, 11) is 0. The Morgan fingerprint density at radius 1 is 1.32 bits per heavy atom. The summed E-state index contributed by atoms with van der Waals surface area (Å²) in [6, 6.07) is 7.02. The second-order valence-electron chi connectivity index (χ2n) is 6.00. The first kappa shape index (κ1) is 20.6. The van der Waals surface area contributed by atoms with Gasteiger partial charge in [0.05, 0.1) is 0 Å². The molecule has 0 bridgehead atoms. The number of nitrogens with zero attached hydrogens (tertiary/aromatic N) is 1. The van der Waals surface area contributed by atoms with Crippen LogP contribution in [0.15, 0.2) is 47.5 Å². The van der Waals surface area contributed by atoms with Crippen molar-refractivity contribution in [3.63, 3.8) is 0 Å². The largest absolute Gasteiger partial charge is 0.343 e. The number of ketones is 1. The highest BCUT2D eigenvalue weighted by Crippen LogP contribution is 2.24. The van der Waals surface area contributed by atoms with Crippen molar-refractivity contribution in [3.05, 3.63) is 58.1 Å². The summed E-state index contributed by atoms with van der Waals surface area (Å²) >= 11 is 11.5. The van der Waals surface area contributed by atoms with Gasteiger partial charge in [0.1, 0.15) is 0 Å². The van der Waals surface area contributed by atoms with Crippen molar-refractivity contribution in [3.8, 4) is 0 Å². The fourth-order valence-electron chi connectivity index (χ4n) is 2.84. The van der Waals surface area contributed by atoms with Gasteiger partial charge in [-0.05, 0) is 37.1 Å². The molecule has 0 aliphatic carbocycles. The third kappa shape index (κ3) is 6.22. The molecule has 6 heteroatoms. The Labute approximate surface area is 175 Å². The summed E-state index contributed by atoms with van der Waals surface area (Å²) in [5.41, 5.74) is 0.695. The smallest absolute Gasteiger partial charge is 0.223 e. The van der Waals surface area contributed by atoms with E-state index in [1.54, 1.807) is 30.3 Å². The molecule has 1 aliphatic heterocycles. The summed E-state index contributed by atoms with van der Waals surface area (Å²) in [4.78, 5) is 26.8. The highest BCUT2D eigenvalue weighted by atomic mass is 127. The van der Waals surface area contributed by atoms with Crippen LogP contribution in [0.25, 0.3) is 0 Å². The number of Topliss-reactive ketones (excluding diaryl/α,β-unsaturated/α-hetero) is 1. The van der Waals surface area contributed by atoms with Crippen LogP contribution in [0.3, 0.4) is 0 Å². The molecule has 3 nitrogen and oxygen atoms in total. The van der Waals surface area contributed by atoms with E-state index in [1.807, 2.05) is 11.0 Å². The van der Waals surface area contributed by atoms with E-state index in [-0.39, 0.29) is 21.5 Å². The molecule has 134 valence electrons. The number of amides is 1. The lowest BCUT2D eigenvalue weighted by Gasteiger charge is -2.31. The molecular formula is C19H20BrClINO2. The maximum absolute atomic E-state index is 12.5. The molecule has 2 rings (SSSR count). The molecule has 0 spiro atoms. The van der Waals surface area contributed by atoms with Gasteiger partial charge in [0.25, 0.3) is 0 Å². The summed E-state index contributed by atoms with van der Waals surface area (Å²) in [5.74, 6) is 0.265. The predicted octanol–water partition coefficient (Wildman–Crippen LogP) is 5.42. The first-order valence-corrected chi connectivity index (χ1v) is 10.5. The number of likely N-dealkylation sites (tertiary alicyclic amines) is 1. The van der Waals surface area contributed by atoms with E-state index in [0.717, 1.165) is 4.48 Å². The van der Waals surface area contributed by atoms with Crippen molar-refractivity contribution in [2.24, 2.45) is 5.92 Å². The number of halogens is 3. The number of carbonyl (C=O) groups excluding carboxylic acids is 2. The summed E-state index contributed by atoms with van der Waals surface area (Å²) in [5, 5.41) is 0.627. The SMILES string of the molecule is C=C/C(Br)=C\C(I)CC(=O)N1CCC(C(=O)c2ccc(Cl)cc2)CC1. The highest BCUT2D eigenvalue weighted by Gasteiger charge is 2.28. The van der Waals surface area contributed by atoms with E-state index in [4.69, 9.17) is 11.6 Å². The Morgan fingerprint density at radius 3 is 2.48 bits per heavy atom. The molecule has 1 amide bonds. The van der Waals surface area contributed by atoms with Crippen LogP contribution < -0.4 is 0 Å². The molecule has 1 saturated heterocycles. The molecule has 1 aliphatic rings. The molecule has 1 unspecified atom stereocenters. The number of carbonyl (C=O) groups is 2. The van der Waals surface area contributed by atoms with E-state index in [1.165, 1.54) is 0 Å². The normalized spacial score (nSPS) is 17.2. The molecule has 1 heterocycles. The standard InChI is InChI=1S/C19H20BrClINO2/c1-2-15(20)11-17(22)12-18(24)23-9-7-14(8-10-23)19(25)13-3-5-16(21)6-4-13/h2-6,11,14,17H,1,7-10,12H2/b15-11+. The van der Waals surface area contributed by atoms with Crippen molar-refractivity contribution >= 4 is 61.8 Å². The number of benzene rings is 1. The van der Waals surface area contributed by atoms with E-state index in [0.29, 0.717) is 42.9 Å². The van der Waals surface area contributed by atoms with Crippen molar-refractivity contribution < 1.29 is 9.59 Å². The molecule has 1 atom stereocenters. The molecular weight excluding hydrogens is 516 g/mol. The Balaban J connectivity index is 1.86. The Morgan fingerprint density at radius 2 is 1.92 bits per heavy atom. The third-order valence-corrected chi connectivity index (χ3v) is 5.89. The number of hydrogen-bond donors (Lipinski definition) is 0. The fourth-order valence-corrected chi connectivity index (χ4v) is 4.54. The maximum Gasteiger partial charge on any atom is 0.223 e. The van der Waals surface area contributed by atoms with Crippen molar-refractivity contribution in [2.75, 3.05) is 13.1 Å². The molecule has 0 N–H and O–H groups in total. The highest BCUT2D eigenvalue weighted by molar-refractivity contribution is 14.1. The second-order valence-corrected chi connectivity index (χ2v) is 8.95. The molecule has 25 heavy (non-hydrogen) atoms. The lowest BCUT2D eigenvalue weighted by molar-refractivity contribution is -0.132. The summed E-state index contributed by atoms with van der Waals surface area (Å²) in [6.45, 7) is 4.96. The van der Waals surface area contributed by atoms with Crippen LogP contribution in [0.2, 0.25) is 5.02 Å². The maximum atomic E-state index is 12.5. The van der Waals surface area contributed by atoms with Crippen LogP contribution in [-0.2, 0) is 4.79 Å². The Bertz CT molecular complexity index is 667. The Hall–Kier alpha value is -0.660. The quantitative estimate of drug-likeness (QED) is 0.211. The van der Waals surface area contributed by atoms with E-state index in [2.05, 4.69) is 45.1 Å². The van der Waals surface area contributed by atoms with E-state index < -0.39 is 0 Å². The first-order valence-electron chi connectivity index (χ1n) is 8.12. The lowest BCUT2D eigenvalue weighted by Crippen LogP contribution is -2.40. The van der Waals surface area contributed by atoms with Gasteiger partial charge in [0.15, 0.2) is 5.78 Å². The van der Waals surface area contributed by atoms with Gasteiger partial charge in [-0.2, -0.15) is 0 Å². The average Bonchev–Trinajstić information content (AvgIpc) is 2.61. The molecule has 1 aromatic carbocycles. The predicted molar refractivity (Wildman–Crippen MR) is 115 cm³/mol. The van der Waals surface area contributed by atoms with Gasteiger partial charge in [0, 0.05) is 44.4 Å². The minimum Gasteiger partial charge on any atom is -0.343 e. The zero-order valence-electron chi connectivity index (χ0n) is 13.8. The number of allylic oxidation sites excluding steroid dienone is 3. The Kier molecular flexibility index (Phi) is 8.16. The van der Waals surface area contributed by atoms with Crippen LogP contribution in [0, 0.1) is 5.92 Å². The van der Waals surface area contributed by atoms with E-state index in [9.17, 15) is 9.59 Å². The van der Waals surface area contributed by atoms with Crippen LogP contribution in [0.1, 0.15) is 29.6 Å². The van der Waals surface area contributed by atoms with Crippen molar-refractivity contribution in [1.29, 1.82) is 0 Å². The molecule has 0 saturated carbocycles. The van der Waals surface area contributed by atoms with E-state index >= 15 is 0 Å². The number of rotatable bonds is 6. The van der Waals surface area contributed by atoms with Crippen molar-refractivity contribution in [2.45, 2.75) is 23.2 Å². The molecule has 0 aromatic heterocycles. The monoisotopic (exact) mass is 535 g/mol. The van der Waals surface area contributed by atoms with Gasteiger partial charge in [-0.25, -0.2) is 0 Å². The van der Waals surface area contributed by atoms with Gasteiger partial charge in [-0.15, -0.1) is 0 Å². The topological polar surface area (TPSA) is 37.4 Å². The molecule has 1 aromatic rings. The number of piperidine rings is 1. The summed E-state index contributed by atoms with van der Waals surface area (Å²) in [6.07, 6.45) is 5.57. The van der Waals surface area contributed by atoms with Gasteiger partial charge in [-0.1, -0.05) is 68.9 Å². The fraction of sp³-hybridized carbons (Fsp3) is 0.368. The van der Waals surface area contributed by atoms with Crippen LogP contribution >= 0.6 is 50.1 Å². The van der Waals surface area contributed by atoms with Gasteiger partial charge >= 0.3 is 0 Å². The van der Waals surface area contributed by atoms with Gasteiger partial charge in [-0.3, -0.25) is 9.59 Å². The zero-order valence-corrected chi connectivity index (χ0v) is 18.3. The minimum absolute atomic E-state index is 0.0181. The first-order chi connectivity index (χ1) is 11.9. The molecule has 0 radical (unpaired) electrons. The van der Waals surface area contributed by atoms with Crippen LogP contribution in [-0.4, -0.2) is 33.6 Å².